The normalized spacial score (nSPS) is 16.1. The third-order valence-corrected chi connectivity index (χ3v) is 3.26. The van der Waals surface area contributed by atoms with Crippen molar-refractivity contribution < 1.29 is 19.5 Å². The van der Waals surface area contributed by atoms with Gasteiger partial charge in [0.2, 0.25) is 11.8 Å². The Morgan fingerprint density at radius 3 is 2.60 bits per heavy atom. The predicted molar refractivity (Wildman–Crippen MR) is 74.1 cm³/mol. The molecule has 1 fully saturated rings. The summed E-state index contributed by atoms with van der Waals surface area (Å²) < 4.78 is 0. The van der Waals surface area contributed by atoms with Crippen LogP contribution in [0.5, 0.6) is 0 Å². The summed E-state index contributed by atoms with van der Waals surface area (Å²) in [5.74, 6) is -1.12. The Labute approximate surface area is 119 Å². The van der Waals surface area contributed by atoms with Crippen molar-refractivity contribution in [3.63, 3.8) is 0 Å². The van der Waals surface area contributed by atoms with E-state index in [1.165, 1.54) is 4.90 Å². The number of carbonyl (C=O) groups excluding carboxylic acids is 2. The summed E-state index contributed by atoms with van der Waals surface area (Å²) in [5.41, 5.74) is 0. The van der Waals surface area contributed by atoms with Gasteiger partial charge in [-0.3, -0.25) is 14.4 Å². The van der Waals surface area contributed by atoms with Crippen molar-refractivity contribution in [2.45, 2.75) is 39.5 Å². The van der Waals surface area contributed by atoms with Crippen molar-refractivity contribution in [1.29, 1.82) is 0 Å². The maximum atomic E-state index is 12.2. The average Bonchev–Trinajstić information content (AvgIpc) is 2.53. The van der Waals surface area contributed by atoms with Crippen LogP contribution >= 0.6 is 0 Å². The lowest BCUT2D eigenvalue weighted by Gasteiger charge is -2.27. The summed E-state index contributed by atoms with van der Waals surface area (Å²) in [6.07, 6.45) is 3.26. The summed E-state index contributed by atoms with van der Waals surface area (Å²) in [4.78, 5) is 37.8. The zero-order valence-corrected chi connectivity index (χ0v) is 12.3. The molecule has 0 aromatic carbocycles. The second-order valence-electron chi connectivity index (χ2n) is 5.69. The van der Waals surface area contributed by atoms with Crippen LogP contribution in [0.2, 0.25) is 0 Å². The van der Waals surface area contributed by atoms with Crippen molar-refractivity contribution in [1.82, 2.24) is 9.80 Å². The van der Waals surface area contributed by atoms with Gasteiger partial charge in [-0.1, -0.05) is 20.3 Å². The van der Waals surface area contributed by atoms with Crippen LogP contribution in [0.1, 0.15) is 39.5 Å². The van der Waals surface area contributed by atoms with Gasteiger partial charge >= 0.3 is 5.97 Å². The molecule has 1 saturated heterocycles. The lowest BCUT2D eigenvalue weighted by atomic mass is 10.2. The third kappa shape index (κ3) is 5.59. The first-order valence-electron chi connectivity index (χ1n) is 7.17. The Morgan fingerprint density at radius 2 is 2.00 bits per heavy atom. The fourth-order valence-electron chi connectivity index (χ4n) is 2.33. The first-order valence-corrected chi connectivity index (χ1v) is 7.17. The number of aliphatic carboxylic acids is 1. The lowest BCUT2D eigenvalue weighted by molar-refractivity contribution is -0.146. The standard InChI is InChI=1S/C14H24N2O4/c1-11(2)8-16(10-14(19)20)13(18)9-15-7-5-3-4-6-12(15)17/h11H,3-10H2,1-2H3,(H,19,20). The predicted octanol–water partition coefficient (Wildman–Crippen LogP) is 0.958. The molecule has 0 radical (unpaired) electrons. The molecule has 0 aromatic heterocycles. The number of hydrogen-bond acceptors (Lipinski definition) is 3. The molecule has 6 nitrogen and oxygen atoms in total. The average molecular weight is 284 g/mol. The molecule has 0 aromatic rings. The van der Waals surface area contributed by atoms with Crippen LogP contribution in [-0.2, 0) is 14.4 Å². The molecular weight excluding hydrogens is 260 g/mol. The highest BCUT2D eigenvalue weighted by Gasteiger charge is 2.24. The van der Waals surface area contributed by atoms with Gasteiger partial charge in [-0.15, -0.1) is 0 Å². The maximum Gasteiger partial charge on any atom is 0.323 e. The van der Waals surface area contributed by atoms with Gasteiger partial charge in [0.15, 0.2) is 0 Å². The molecule has 0 saturated carbocycles. The quantitative estimate of drug-likeness (QED) is 0.788. The second-order valence-corrected chi connectivity index (χ2v) is 5.69. The van der Waals surface area contributed by atoms with Crippen LogP contribution in [0.15, 0.2) is 0 Å². The molecule has 1 aliphatic heterocycles. The minimum Gasteiger partial charge on any atom is -0.480 e. The zero-order valence-electron chi connectivity index (χ0n) is 12.3. The minimum absolute atomic E-state index is 0.00116. The molecule has 0 aliphatic carbocycles. The van der Waals surface area contributed by atoms with Crippen LogP contribution in [0, 0.1) is 5.92 Å². The Bertz CT molecular complexity index is 368. The van der Waals surface area contributed by atoms with Crippen molar-refractivity contribution in [3.8, 4) is 0 Å². The number of carboxylic acid groups (broad SMARTS) is 1. The summed E-state index contributed by atoms with van der Waals surface area (Å²) in [5, 5.41) is 8.87. The molecule has 1 heterocycles. The van der Waals surface area contributed by atoms with Crippen LogP contribution in [-0.4, -0.2) is 58.9 Å². The molecule has 1 rings (SSSR count). The number of carbonyl (C=O) groups is 3. The Hall–Kier alpha value is -1.59. The van der Waals surface area contributed by atoms with E-state index >= 15 is 0 Å². The topological polar surface area (TPSA) is 77.9 Å². The van der Waals surface area contributed by atoms with Crippen molar-refractivity contribution in [3.05, 3.63) is 0 Å². The number of rotatable bonds is 6. The summed E-state index contributed by atoms with van der Waals surface area (Å²) in [7, 11) is 0. The van der Waals surface area contributed by atoms with Crippen molar-refractivity contribution in [2.75, 3.05) is 26.2 Å². The molecule has 0 atom stereocenters. The highest BCUT2D eigenvalue weighted by Crippen LogP contribution is 2.11. The van der Waals surface area contributed by atoms with Gasteiger partial charge in [0, 0.05) is 19.5 Å². The van der Waals surface area contributed by atoms with Gasteiger partial charge in [-0.2, -0.15) is 0 Å². The largest absolute Gasteiger partial charge is 0.480 e. The summed E-state index contributed by atoms with van der Waals surface area (Å²) >= 11 is 0. The van der Waals surface area contributed by atoms with Crippen molar-refractivity contribution >= 4 is 17.8 Å². The van der Waals surface area contributed by atoms with E-state index in [1.807, 2.05) is 13.8 Å². The molecule has 20 heavy (non-hydrogen) atoms. The van der Waals surface area contributed by atoms with E-state index in [1.54, 1.807) is 4.90 Å². The van der Waals surface area contributed by atoms with E-state index in [4.69, 9.17) is 5.11 Å². The van der Waals surface area contributed by atoms with Crippen LogP contribution in [0.3, 0.4) is 0 Å². The van der Waals surface area contributed by atoms with E-state index in [9.17, 15) is 14.4 Å². The summed E-state index contributed by atoms with van der Waals surface area (Å²) in [6.45, 7) is 4.54. The number of likely N-dealkylation sites (tertiary alicyclic amines) is 1. The molecule has 0 spiro atoms. The second kappa shape index (κ2) is 7.87. The zero-order chi connectivity index (χ0) is 15.1. The summed E-state index contributed by atoms with van der Waals surface area (Å²) in [6, 6.07) is 0. The molecule has 0 bridgehead atoms. The van der Waals surface area contributed by atoms with Gasteiger partial charge in [0.25, 0.3) is 0 Å². The van der Waals surface area contributed by atoms with Gasteiger partial charge in [-0.25, -0.2) is 0 Å². The van der Waals surface area contributed by atoms with E-state index in [-0.39, 0.29) is 30.8 Å². The Balaban J connectivity index is 2.63. The van der Waals surface area contributed by atoms with Gasteiger partial charge in [-0.05, 0) is 18.8 Å². The van der Waals surface area contributed by atoms with Crippen LogP contribution in [0.4, 0.5) is 0 Å². The van der Waals surface area contributed by atoms with Crippen LogP contribution < -0.4 is 0 Å². The first kappa shape index (κ1) is 16.5. The first-order chi connectivity index (χ1) is 9.40. The smallest absolute Gasteiger partial charge is 0.323 e. The Kier molecular flexibility index (Phi) is 6.48. The fraction of sp³-hybridized carbons (Fsp3) is 0.786. The molecule has 0 unspecified atom stereocenters. The molecule has 114 valence electrons. The van der Waals surface area contributed by atoms with Gasteiger partial charge in [0.05, 0.1) is 6.54 Å². The number of hydrogen-bond donors (Lipinski definition) is 1. The van der Waals surface area contributed by atoms with Crippen molar-refractivity contribution in [2.24, 2.45) is 5.92 Å². The van der Waals surface area contributed by atoms with E-state index in [0.29, 0.717) is 19.5 Å². The van der Waals surface area contributed by atoms with Gasteiger partial charge < -0.3 is 14.9 Å². The minimum atomic E-state index is -1.03. The maximum absolute atomic E-state index is 12.2. The number of nitrogens with zero attached hydrogens (tertiary/aromatic N) is 2. The highest BCUT2D eigenvalue weighted by molar-refractivity contribution is 5.87. The third-order valence-electron chi connectivity index (χ3n) is 3.26. The number of amides is 2. The molecule has 1 aliphatic rings. The molecule has 2 amide bonds. The van der Waals surface area contributed by atoms with E-state index in [0.717, 1.165) is 19.3 Å². The highest BCUT2D eigenvalue weighted by atomic mass is 16.4. The molecule has 6 heteroatoms. The molecular formula is C14H24N2O4. The van der Waals surface area contributed by atoms with Gasteiger partial charge in [0.1, 0.15) is 6.54 Å². The fourth-order valence-corrected chi connectivity index (χ4v) is 2.33. The Morgan fingerprint density at radius 1 is 1.30 bits per heavy atom. The number of carboxylic acids is 1. The lowest BCUT2D eigenvalue weighted by Crippen LogP contribution is -2.45. The molecule has 1 N–H and O–H groups in total. The monoisotopic (exact) mass is 284 g/mol. The van der Waals surface area contributed by atoms with E-state index in [2.05, 4.69) is 0 Å². The van der Waals surface area contributed by atoms with E-state index < -0.39 is 5.97 Å². The SMILES string of the molecule is CC(C)CN(CC(=O)O)C(=O)CN1CCCCCC1=O. The van der Waals surface area contributed by atoms with Crippen LogP contribution in [0.25, 0.3) is 0 Å².